The lowest BCUT2D eigenvalue weighted by molar-refractivity contribution is 1.14. The molecule has 1 aromatic heterocycles. The Kier molecular flexibility index (Phi) is 3.20. The van der Waals surface area contributed by atoms with Crippen molar-refractivity contribution in [2.24, 2.45) is 0 Å². The van der Waals surface area contributed by atoms with Gasteiger partial charge in [-0.2, -0.15) is 0 Å². The molecular formula is C18H17N. The summed E-state index contributed by atoms with van der Waals surface area (Å²) in [6.07, 6.45) is 3.09. The van der Waals surface area contributed by atoms with Gasteiger partial charge in [0.05, 0.1) is 0 Å². The first-order valence-electron chi connectivity index (χ1n) is 6.61. The Bertz CT molecular complexity index is 651. The molecule has 0 amide bonds. The highest BCUT2D eigenvalue weighted by atomic mass is 14.7. The van der Waals surface area contributed by atoms with Gasteiger partial charge in [0.2, 0.25) is 0 Å². The number of hydrogen-bond acceptors (Lipinski definition) is 0. The van der Waals surface area contributed by atoms with Crippen molar-refractivity contribution in [2.45, 2.75) is 13.3 Å². The van der Waals surface area contributed by atoms with Gasteiger partial charge in [-0.3, -0.25) is 0 Å². The van der Waals surface area contributed by atoms with Crippen LogP contribution >= 0.6 is 0 Å². The zero-order chi connectivity index (χ0) is 13.1. The summed E-state index contributed by atoms with van der Waals surface area (Å²) >= 11 is 0. The Morgan fingerprint density at radius 2 is 1.47 bits per heavy atom. The van der Waals surface area contributed by atoms with Crippen LogP contribution in [-0.4, -0.2) is 4.98 Å². The predicted octanol–water partition coefficient (Wildman–Crippen LogP) is 4.58. The van der Waals surface area contributed by atoms with E-state index in [2.05, 4.69) is 78.8 Å². The van der Waals surface area contributed by atoms with Crippen molar-refractivity contribution < 1.29 is 0 Å². The maximum absolute atomic E-state index is 3.36. The summed E-state index contributed by atoms with van der Waals surface area (Å²) < 4.78 is 0. The van der Waals surface area contributed by atoms with Gasteiger partial charge in [0.1, 0.15) is 0 Å². The van der Waals surface area contributed by atoms with Gasteiger partial charge in [-0.1, -0.05) is 60.7 Å². The van der Waals surface area contributed by atoms with Gasteiger partial charge in [0.25, 0.3) is 0 Å². The van der Waals surface area contributed by atoms with Crippen LogP contribution in [0, 0.1) is 6.92 Å². The van der Waals surface area contributed by atoms with E-state index in [1.807, 2.05) is 0 Å². The molecule has 1 heterocycles. The second kappa shape index (κ2) is 5.15. The smallest absolute Gasteiger partial charge is 0.0157 e. The molecule has 0 radical (unpaired) electrons. The first kappa shape index (κ1) is 11.8. The van der Waals surface area contributed by atoms with Crippen LogP contribution in [0.4, 0.5) is 0 Å². The summed E-state index contributed by atoms with van der Waals surface area (Å²) in [6.45, 7) is 2.14. The third-order valence-electron chi connectivity index (χ3n) is 3.52. The van der Waals surface area contributed by atoms with E-state index in [-0.39, 0.29) is 0 Å². The maximum Gasteiger partial charge on any atom is 0.0157 e. The van der Waals surface area contributed by atoms with E-state index in [4.69, 9.17) is 0 Å². The number of H-pyrrole nitrogens is 1. The summed E-state index contributed by atoms with van der Waals surface area (Å²) in [5, 5.41) is 0. The zero-order valence-corrected chi connectivity index (χ0v) is 11.1. The van der Waals surface area contributed by atoms with E-state index >= 15 is 0 Å². The zero-order valence-electron chi connectivity index (χ0n) is 11.1. The van der Waals surface area contributed by atoms with E-state index in [0.717, 1.165) is 6.42 Å². The number of aromatic amines is 1. The van der Waals surface area contributed by atoms with Crippen LogP contribution in [0.15, 0.2) is 66.9 Å². The van der Waals surface area contributed by atoms with Crippen LogP contribution in [0.1, 0.15) is 16.8 Å². The Hall–Kier alpha value is -2.28. The number of benzene rings is 2. The molecule has 2 aromatic carbocycles. The molecule has 0 saturated carbocycles. The second-order valence-corrected chi connectivity index (χ2v) is 4.83. The minimum absolute atomic E-state index is 0.973. The average Bonchev–Trinajstić information content (AvgIpc) is 2.82. The summed E-state index contributed by atoms with van der Waals surface area (Å²) in [4.78, 5) is 3.36. The van der Waals surface area contributed by atoms with Crippen molar-refractivity contribution in [2.75, 3.05) is 0 Å². The lowest BCUT2D eigenvalue weighted by Crippen LogP contribution is -1.91. The van der Waals surface area contributed by atoms with Crippen LogP contribution in [0.3, 0.4) is 0 Å². The van der Waals surface area contributed by atoms with Crippen molar-refractivity contribution in [1.29, 1.82) is 0 Å². The van der Waals surface area contributed by atoms with Crippen molar-refractivity contribution >= 4 is 0 Å². The van der Waals surface area contributed by atoms with E-state index in [9.17, 15) is 0 Å². The van der Waals surface area contributed by atoms with Gasteiger partial charge in [0.15, 0.2) is 0 Å². The predicted molar refractivity (Wildman–Crippen MR) is 80.2 cm³/mol. The highest BCUT2D eigenvalue weighted by Crippen LogP contribution is 2.27. The van der Waals surface area contributed by atoms with Crippen molar-refractivity contribution in [3.63, 3.8) is 0 Å². The molecule has 94 valence electrons. The fourth-order valence-electron chi connectivity index (χ4n) is 2.46. The van der Waals surface area contributed by atoms with Gasteiger partial charge >= 0.3 is 0 Å². The number of nitrogens with one attached hydrogen (secondary N) is 1. The van der Waals surface area contributed by atoms with Crippen LogP contribution < -0.4 is 0 Å². The molecule has 0 saturated heterocycles. The fourth-order valence-corrected chi connectivity index (χ4v) is 2.46. The van der Waals surface area contributed by atoms with Crippen molar-refractivity contribution in [1.82, 2.24) is 4.98 Å². The molecule has 0 spiro atoms. The third-order valence-corrected chi connectivity index (χ3v) is 3.52. The highest BCUT2D eigenvalue weighted by molar-refractivity contribution is 5.68. The molecule has 3 rings (SSSR count). The van der Waals surface area contributed by atoms with Crippen LogP contribution in [0.25, 0.3) is 11.1 Å². The molecule has 0 aliphatic heterocycles. The minimum Gasteiger partial charge on any atom is -0.364 e. The lowest BCUT2D eigenvalue weighted by atomic mass is 9.97. The Morgan fingerprint density at radius 1 is 0.842 bits per heavy atom. The van der Waals surface area contributed by atoms with Gasteiger partial charge in [-0.15, -0.1) is 0 Å². The Labute approximate surface area is 113 Å². The van der Waals surface area contributed by atoms with Gasteiger partial charge in [0, 0.05) is 17.5 Å². The molecule has 0 unspecified atom stereocenters. The molecule has 0 atom stereocenters. The van der Waals surface area contributed by atoms with Crippen LogP contribution in [0.2, 0.25) is 0 Å². The summed E-state index contributed by atoms with van der Waals surface area (Å²) in [6, 6.07) is 21.2. The lowest BCUT2D eigenvalue weighted by Gasteiger charge is -2.06. The standard InChI is InChI=1S/C18H17N/c1-14-17(12-15-8-4-2-5-9-15)18(13-19-14)16-10-6-3-7-11-16/h2-11,13,19H,12H2,1H3. The van der Waals surface area contributed by atoms with Gasteiger partial charge < -0.3 is 4.98 Å². The number of hydrogen-bond donors (Lipinski definition) is 1. The van der Waals surface area contributed by atoms with Crippen LogP contribution in [-0.2, 0) is 6.42 Å². The third kappa shape index (κ3) is 2.45. The molecule has 1 heteroatoms. The molecule has 0 bridgehead atoms. The normalized spacial score (nSPS) is 10.6. The first-order valence-corrected chi connectivity index (χ1v) is 6.61. The van der Waals surface area contributed by atoms with E-state index in [1.54, 1.807) is 0 Å². The average molecular weight is 247 g/mol. The van der Waals surface area contributed by atoms with Crippen molar-refractivity contribution in [3.05, 3.63) is 83.7 Å². The van der Waals surface area contributed by atoms with Gasteiger partial charge in [-0.25, -0.2) is 0 Å². The maximum atomic E-state index is 3.36. The second-order valence-electron chi connectivity index (χ2n) is 4.83. The quantitative estimate of drug-likeness (QED) is 0.697. The van der Waals surface area contributed by atoms with Crippen LogP contribution in [0.5, 0.6) is 0 Å². The molecule has 0 fully saturated rings. The first-order chi connectivity index (χ1) is 9.34. The SMILES string of the molecule is Cc1[nH]cc(-c2ccccc2)c1Cc1ccccc1. The number of aryl methyl sites for hydroxylation is 1. The molecule has 0 aliphatic carbocycles. The summed E-state index contributed by atoms with van der Waals surface area (Å²) in [7, 11) is 0. The Balaban J connectivity index is 2.00. The molecule has 19 heavy (non-hydrogen) atoms. The molecule has 3 aromatic rings. The van der Waals surface area contributed by atoms with Crippen molar-refractivity contribution in [3.8, 4) is 11.1 Å². The van der Waals surface area contributed by atoms with E-state index in [0.29, 0.717) is 0 Å². The van der Waals surface area contributed by atoms with E-state index < -0.39 is 0 Å². The topological polar surface area (TPSA) is 15.8 Å². The molecular weight excluding hydrogens is 230 g/mol. The fraction of sp³-hybridized carbons (Fsp3) is 0.111. The number of rotatable bonds is 3. The molecule has 1 N–H and O–H groups in total. The summed E-state index contributed by atoms with van der Waals surface area (Å²) in [5.41, 5.74) is 6.57. The largest absolute Gasteiger partial charge is 0.364 e. The Morgan fingerprint density at radius 3 is 2.16 bits per heavy atom. The molecule has 0 aliphatic rings. The highest BCUT2D eigenvalue weighted by Gasteiger charge is 2.10. The molecule has 1 nitrogen and oxygen atoms in total. The monoisotopic (exact) mass is 247 g/mol. The number of aromatic nitrogens is 1. The summed E-state index contributed by atoms with van der Waals surface area (Å²) in [5.74, 6) is 0. The van der Waals surface area contributed by atoms with E-state index in [1.165, 1.54) is 27.9 Å². The van der Waals surface area contributed by atoms with Gasteiger partial charge in [-0.05, 0) is 30.0 Å². The minimum atomic E-state index is 0.973.